The molecule has 2 aromatic rings. The van der Waals surface area contributed by atoms with Gasteiger partial charge in [-0.2, -0.15) is 0 Å². The van der Waals surface area contributed by atoms with Crippen molar-refractivity contribution in [3.05, 3.63) is 62.4 Å². The van der Waals surface area contributed by atoms with Gasteiger partial charge in [0.15, 0.2) is 12.4 Å². The number of H-pyrrole nitrogens is 2. The number of aliphatic carboxylic acids is 1. The number of hydrogen-bond acceptors (Lipinski definition) is 5. The summed E-state index contributed by atoms with van der Waals surface area (Å²) in [5, 5.41) is 8.62. The maximum atomic E-state index is 12.1. The molecule has 3 N–H and O–H groups in total. The van der Waals surface area contributed by atoms with E-state index in [0.29, 0.717) is 5.56 Å². The van der Waals surface area contributed by atoms with Crippen LogP contribution in [0.3, 0.4) is 0 Å². The third-order valence-corrected chi connectivity index (χ3v) is 2.74. The zero-order chi connectivity index (χ0) is 16.1. The van der Waals surface area contributed by atoms with E-state index < -0.39 is 29.6 Å². The first-order valence-electron chi connectivity index (χ1n) is 6.25. The first-order valence-corrected chi connectivity index (χ1v) is 6.25. The highest BCUT2D eigenvalue weighted by Gasteiger charge is 2.13. The zero-order valence-corrected chi connectivity index (χ0v) is 11.3. The number of carboxylic acid groups (broad SMARTS) is 1. The molecule has 8 nitrogen and oxygen atoms in total. The van der Waals surface area contributed by atoms with Gasteiger partial charge in [0.05, 0.1) is 5.69 Å². The Balaban J connectivity index is 2.23. The molecule has 8 heteroatoms. The normalized spacial score (nSPS) is 10.2. The van der Waals surface area contributed by atoms with Crippen molar-refractivity contribution in [2.75, 3.05) is 6.61 Å². The molecule has 0 aliphatic rings. The van der Waals surface area contributed by atoms with E-state index in [-0.39, 0.29) is 17.9 Å². The van der Waals surface area contributed by atoms with E-state index in [4.69, 9.17) is 9.84 Å². The van der Waals surface area contributed by atoms with Gasteiger partial charge < -0.3 is 14.8 Å². The Kier molecular flexibility index (Phi) is 4.52. The van der Waals surface area contributed by atoms with E-state index >= 15 is 0 Å². The van der Waals surface area contributed by atoms with Crippen molar-refractivity contribution in [1.29, 1.82) is 0 Å². The molecule has 22 heavy (non-hydrogen) atoms. The molecule has 1 aromatic heterocycles. The van der Waals surface area contributed by atoms with Gasteiger partial charge in [0, 0.05) is 18.1 Å². The second-order valence-corrected chi connectivity index (χ2v) is 4.39. The highest BCUT2D eigenvalue weighted by atomic mass is 16.5. The lowest BCUT2D eigenvalue weighted by atomic mass is 10.1. The fourth-order valence-corrected chi connectivity index (χ4v) is 1.82. The number of carbonyl (C=O) groups excluding carboxylic acids is 1. The molecule has 0 bridgehead atoms. The summed E-state index contributed by atoms with van der Waals surface area (Å²) in [5.74, 6) is -1.37. The molecule has 0 atom stereocenters. The SMILES string of the molecule is O=C(O)COc1ccccc1CC(=O)c1cc(=O)[nH]c(=O)[nH]1. The lowest BCUT2D eigenvalue weighted by Gasteiger charge is -2.09. The van der Waals surface area contributed by atoms with Crippen LogP contribution in [0.1, 0.15) is 16.1 Å². The summed E-state index contributed by atoms with van der Waals surface area (Å²) in [5.41, 5.74) is -1.12. The predicted octanol–water partition coefficient (Wildman–Crippen LogP) is -0.0480. The summed E-state index contributed by atoms with van der Waals surface area (Å²) in [7, 11) is 0. The van der Waals surface area contributed by atoms with Crippen molar-refractivity contribution in [2.24, 2.45) is 0 Å². The van der Waals surface area contributed by atoms with Crippen molar-refractivity contribution in [2.45, 2.75) is 6.42 Å². The molecular formula is C14H12N2O6. The van der Waals surface area contributed by atoms with Crippen LogP contribution in [0.25, 0.3) is 0 Å². The van der Waals surface area contributed by atoms with Crippen LogP contribution in [0.5, 0.6) is 5.75 Å². The fourth-order valence-electron chi connectivity index (χ4n) is 1.82. The van der Waals surface area contributed by atoms with Gasteiger partial charge in [-0.1, -0.05) is 18.2 Å². The maximum absolute atomic E-state index is 12.1. The molecule has 0 spiro atoms. The van der Waals surface area contributed by atoms with Crippen LogP contribution in [0.15, 0.2) is 39.9 Å². The molecule has 0 saturated carbocycles. The summed E-state index contributed by atoms with van der Waals surface area (Å²) in [4.78, 5) is 49.2. The monoisotopic (exact) mass is 304 g/mol. The molecule has 114 valence electrons. The van der Waals surface area contributed by atoms with Crippen LogP contribution in [0.2, 0.25) is 0 Å². The number of Topliss-reactive ketones (excluding diaryl/α,β-unsaturated/α-hetero) is 1. The van der Waals surface area contributed by atoms with E-state index in [0.717, 1.165) is 6.07 Å². The number of nitrogens with one attached hydrogen (secondary N) is 2. The lowest BCUT2D eigenvalue weighted by molar-refractivity contribution is -0.139. The molecule has 1 aromatic carbocycles. The van der Waals surface area contributed by atoms with Crippen LogP contribution < -0.4 is 16.0 Å². The molecular weight excluding hydrogens is 292 g/mol. The first kappa shape index (κ1) is 15.2. The van der Waals surface area contributed by atoms with Gasteiger partial charge in [0.2, 0.25) is 0 Å². The number of aromatic nitrogens is 2. The average Bonchev–Trinajstić information content (AvgIpc) is 2.45. The Bertz CT molecular complexity index is 792. The van der Waals surface area contributed by atoms with Crippen LogP contribution >= 0.6 is 0 Å². The number of aromatic amines is 2. The van der Waals surface area contributed by atoms with E-state index in [2.05, 4.69) is 4.98 Å². The zero-order valence-electron chi connectivity index (χ0n) is 11.3. The minimum Gasteiger partial charge on any atom is -0.482 e. The van der Waals surface area contributed by atoms with Crippen molar-refractivity contribution in [3.8, 4) is 5.75 Å². The van der Waals surface area contributed by atoms with E-state index in [1.807, 2.05) is 4.98 Å². The van der Waals surface area contributed by atoms with E-state index in [1.54, 1.807) is 18.2 Å². The van der Waals surface area contributed by atoms with Gasteiger partial charge >= 0.3 is 11.7 Å². The van der Waals surface area contributed by atoms with Gasteiger partial charge in [0.1, 0.15) is 5.75 Å². The highest BCUT2D eigenvalue weighted by Crippen LogP contribution is 2.19. The van der Waals surface area contributed by atoms with Crippen molar-refractivity contribution >= 4 is 11.8 Å². The summed E-state index contributed by atoms with van der Waals surface area (Å²) in [6.45, 7) is -0.535. The molecule has 0 radical (unpaired) electrons. The topological polar surface area (TPSA) is 129 Å². The molecule has 0 fully saturated rings. The molecule has 2 rings (SSSR count). The number of ether oxygens (including phenoxy) is 1. The Morgan fingerprint density at radius 2 is 1.86 bits per heavy atom. The average molecular weight is 304 g/mol. The maximum Gasteiger partial charge on any atom is 0.341 e. The Hall–Kier alpha value is -3.16. The highest BCUT2D eigenvalue weighted by molar-refractivity contribution is 5.95. The lowest BCUT2D eigenvalue weighted by Crippen LogP contribution is -2.25. The van der Waals surface area contributed by atoms with Crippen molar-refractivity contribution < 1.29 is 19.4 Å². The predicted molar refractivity (Wildman–Crippen MR) is 75.3 cm³/mol. The molecule has 1 heterocycles. The number of benzene rings is 1. The van der Waals surface area contributed by atoms with Crippen LogP contribution in [-0.4, -0.2) is 33.4 Å². The molecule has 0 aliphatic carbocycles. The standard InChI is InChI=1S/C14H12N2O6/c17-10(9-6-12(18)16-14(21)15-9)5-8-3-1-2-4-11(8)22-7-13(19)20/h1-4,6H,5,7H2,(H,19,20)(H2,15,16,18,21). The third-order valence-electron chi connectivity index (χ3n) is 2.74. The number of rotatable bonds is 6. The van der Waals surface area contributed by atoms with Crippen LogP contribution in [0, 0.1) is 0 Å². The smallest absolute Gasteiger partial charge is 0.341 e. The fraction of sp³-hybridized carbons (Fsp3) is 0.143. The van der Waals surface area contributed by atoms with Crippen molar-refractivity contribution in [3.63, 3.8) is 0 Å². The molecule has 0 unspecified atom stereocenters. The third kappa shape index (κ3) is 3.92. The largest absolute Gasteiger partial charge is 0.482 e. The minimum atomic E-state index is -1.14. The van der Waals surface area contributed by atoms with E-state index in [9.17, 15) is 19.2 Å². The van der Waals surface area contributed by atoms with Crippen LogP contribution in [-0.2, 0) is 11.2 Å². The van der Waals surface area contributed by atoms with Gasteiger partial charge in [-0.15, -0.1) is 0 Å². The molecule has 0 aliphatic heterocycles. The number of para-hydroxylation sites is 1. The Morgan fingerprint density at radius 1 is 1.14 bits per heavy atom. The molecule has 0 saturated heterocycles. The number of hydrogen-bond donors (Lipinski definition) is 3. The van der Waals surface area contributed by atoms with E-state index in [1.165, 1.54) is 6.07 Å². The second-order valence-electron chi connectivity index (χ2n) is 4.39. The number of carbonyl (C=O) groups is 2. The summed E-state index contributed by atoms with van der Waals surface area (Å²) >= 11 is 0. The molecule has 0 amide bonds. The van der Waals surface area contributed by atoms with Gasteiger partial charge in [0.25, 0.3) is 5.56 Å². The van der Waals surface area contributed by atoms with Gasteiger partial charge in [-0.3, -0.25) is 14.6 Å². The summed E-state index contributed by atoms with van der Waals surface area (Å²) < 4.78 is 5.09. The van der Waals surface area contributed by atoms with Crippen molar-refractivity contribution in [1.82, 2.24) is 9.97 Å². The first-order chi connectivity index (χ1) is 10.5. The Morgan fingerprint density at radius 3 is 2.55 bits per heavy atom. The summed E-state index contributed by atoms with van der Waals surface area (Å²) in [6.07, 6.45) is -0.144. The Labute approximate surface area is 123 Å². The summed E-state index contributed by atoms with van der Waals surface area (Å²) in [6, 6.07) is 7.42. The quantitative estimate of drug-likeness (QED) is 0.642. The number of carboxylic acids is 1. The number of ketones is 1. The van der Waals surface area contributed by atoms with Crippen LogP contribution in [0.4, 0.5) is 0 Å². The van der Waals surface area contributed by atoms with Gasteiger partial charge in [-0.25, -0.2) is 9.59 Å². The van der Waals surface area contributed by atoms with Gasteiger partial charge in [-0.05, 0) is 6.07 Å². The minimum absolute atomic E-state index is 0.123. The second kappa shape index (κ2) is 6.53.